The van der Waals surface area contributed by atoms with E-state index in [1.54, 1.807) is 10.4 Å². The standard InChI is InChI=1S/C29H38N2O5S/c1-6-20-10-8-11-21(7-2)26(20)30-25(32)17-36-27(33)22-12-9-13-24(14-22)37(34,35)31-19-29(5)16-23(31)15-28(3,4)18-29/h8-14,23H,6-7,15-19H2,1-5H3,(H,30,32). The molecule has 37 heavy (non-hydrogen) atoms. The molecule has 0 aromatic heterocycles. The van der Waals surface area contributed by atoms with Gasteiger partial charge < -0.3 is 10.1 Å². The topological polar surface area (TPSA) is 92.8 Å². The van der Waals surface area contributed by atoms with Crippen LogP contribution in [-0.2, 0) is 32.4 Å². The zero-order valence-corrected chi connectivity index (χ0v) is 23.3. The van der Waals surface area contributed by atoms with Crippen LogP contribution in [0.5, 0.6) is 0 Å². The number of anilines is 1. The highest BCUT2D eigenvalue weighted by Crippen LogP contribution is 2.53. The van der Waals surface area contributed by atoms with Gasteiger partial charge in [-0.3, -0.25) is 4.79 Å². The lowest BCUT2D eigenvalue weighted by Crippen LogP contribution is -2.37. The van der Waals surface area contributed by atoms with Crippen molar-refractivity contribution >= 4 is 27.6 Å². The molecule has 0 spiro atoms. The number of fused-ring (bicyclic) bond motifs is 2. The van der Waals surface area contributed by atoms with Gasteiger partial charge in [0.2, 0.25) is 10.0 Å². The number of hydrogen-bond acceptors (Lipinski definition) is 5. The zero-order chi connectivity index (χ0) is 27.0. The number of carbonyl (C=O) groups excluding carboxylic acids is 2. The van der Waals surface area contributed by atoms with Crippen molar-refractivity contribution < 1.29 is 22.7 Å². The van der Waals surface area contributed by atoms with E-state index in [9.17, 15) is 18.0 Å². The zero-order valence-electron chi connectivity index (χ0n) is 22.5. The fraction of sp³-hybridized carbons (Fsp3) is 0.517. The van der Waals surface area contributed by atoms with E-state index in [-0.39, 0.29) is 27.3 Å². The molecule has 1 amide bonds. The van der Waals surface area contributed by atoms with Crippen molar-refractivity contribution in [1.82, 2.24) is 4.31 Å². The average Bonchev–Trinajstić information content (AvgIpc) is 3.11. The average molecular weight is 527 g/mol. The minimum Gasteiger partial charge on any atom is -0.452 e. The fourth-order valence-corrected chi connectivity index (χ4v) is 8.22. The summed E-state index contributed by atoms with van der Waals surface area (Å²) in [6.07, 6.45) is 4.18. The molecule has 2 aromatic carbocycles. The summed E-state index contributed by atoms with van der Waals surface area (Å²) in [6.45, 7) is 10.6. The third-order valence-electron chi connectivity index (χ3n) is 7.64. The van der Waals surface area contributed by atoms with E-state index in [1.807, 2.05) is 32.0 Å². The number of aryl methyl sites for hydroxylation is 2. The number of nitrogens with one attached hydrogen (secondary N) is 1. The van der Waals surface area contributed by atoms with Crippen molar-refractivity contribution in [2.75, 3.05) is 18.5 Å². The highest BCUT2D eigenvalue weighted by Gasteiger charge is 2.53. The molecule has 1 aliphatic carbocycles. The molecule has 1 saturated carbocycles. The van der Waals surface area contributed by atoms with Crippen LogP contribution in [0.2, 0.25) is 0 Å². The fourth-order valence-electron chi connectivity index (χ4n) is 6.40. The Morgan fingerprint density at radius 1 is 1.03 bits per heavy atom. The van der Waals surface area contributed by atoms with Gasteiger partial charge in [0.1, 0.15) is 0 Å². The second kappa shape index (κ2) is 10.2. The maximum Gasteiger partial charge on any atom is 0.338 e. The number of carbonyl (C=O) groups is 2. The Morgan fingerprint density at radius 2 is 1.68 bits per heavy atom. The SMILES string of the molecule is CCc1cccc(CC)c1NC(=O)COC(=O)c1cccc(S(=O)(=O)N2CC3(C)CC2CC(C)(C)C3)c1. The lowest BCUT2D eigenvalue weighted by atomic mass is 9.65. The predicted octanol–water partition coefficient (Wildman–Crippen LogP) is 5.20. The summed E-state index contributed by atoms with van der Waals surface area (Å²) in [4.78, 5) is 25.4. The maximum atomic E-state index is 13.6. The van der Waals surface area contributed by atoms with E-state index in [4.69, 9.17) is 4.74 Å². The number of rotatable bonds is 8. The van der Waals surface area contributed by atoms with Crippen LogP contribution < -0.4 is 5.32 Å². The van der Waals surface area contributed by atoms with Crippen LogP contribution >= 0.6 is 0 Å². The highest BCUT2D eigenvalue weighted by atomic mass is 32.2. The summed E-state index contributed by atoms with van der Waals surface area (Å²) in [5.41, 5.74) is 2.93. The maximum absolute atomic E-state index is 13.6. The number of nitrogens with zero attached hydrogens (tertiary/aromatic N) is 1. The molecule has 2 aliphatic rings. The Bertz CT molecular complexity index is 1280. The molecule has 2 unspecified atom stereocenters. The molecule has 2 atom stereocenters. The minimum absolute atomic E-state index is 0.0442. The quantitative estimate of drug-likeness (QED) is 0.478. The Kier molecular flexibility index (Phi) is 7.55. The summed E-state index contributed by atoms with van der Waals surface area (Å²) in [5, 5.41) is 2.87. The van der Waals surface area contributed by atoms with Crippen LogP contribution in [0.4, 0.5) is 5.69 Å². The lowest BCUT2D eigenvalue weighted by Gasteiger charge is -2.39. The van der Waals surface area contributed by atoms with Crippen LogP contribution in [0, 0.1) is 10.8 Å². The second-order valence-corrected chi connectivity index (χ2v) is 13.5. The van der Waals surface area contributed by atoms with Gasteiger partial charge in [0.25, 0.3) is 5.91 Å². The first kappa shape index (κ1) is 27.3. The van der Waals surface area contributed by atoms with E-state index in [0.29, 0.717) is 6.54 Å². The van der Waals surface area contributed by atoms with Crippen molar-refractivity contribution in [3.8, 4) is 0 Å². The third-order valence-corrected chi connectivity index (χ3v) is 9.54. The monoisotopic (exact) mass is 526 g/mol. The van der Waals surface area contributed by atoms with Crippen LogP contribution in [0.3, 0.4) is 0 Å². The van der Waals surface area contributed by atoms with Crippen molar-refractivity contribution in [3.63, 3.8) is 0 Å². The van der Waals surface area contributed by atoms with Crippen LogP contribution in [-0.4, -0.2) is 43.8 Å². The Labute approximate surface area is 220 Å². The van der Waals surface area contributed by atoms with Crippen LogP contribution in [0.15, 0.2) is 47.4 Å². The first-order valence-electron chi connectivity index (χ1n) is 13.1. The molecular formula is C29H38N2O5S. The summed E-state index contributed by atoms with van der Waals surface area (Å²) >= 11 is 0. The third kappa shape index (κ3) is 5.75. The summed E-state index contributed by atoms with van der Waals surface area (Å²) in [6, 6.07) is 11.8. The van der Waals surface area contributed by atoms with E-state index in [2.05, 4.69) is 26.1 Å². The molecule has 0 radical (unpaired) electrons. The Hall–Kier alpha value is -2.71. The van der Waals surface area contributed by atoms with Gasteiger partial charge in [-0.1, -0.05) is 58.9 Å². The number of benzene rings is 2. The minimum atomic E-state index is -3.78. The predicted molar refractivity (Wildman–Crippen MR) is 144 cm³/mol. The molecule has 1 N–H and O–H groups in total. The smallest absolute Gasteiger partial charge is 0.338 e. The highest BCUT2D eigenvalue weighted by molar-refractivity contribution is 7.89. The lowest BCUT2D eigenvalue weighted by molar-refractivity contribution is -0.119. The van der Waals surface area contributed by atoms with Gasteiger partial charge in [0.15, 0.2) is 6.61 Å². The van der Waals surface area contributed by atoms with E-state index >= 15 is 0 Å². The molecule has 2 fully saturated rings. The van der Waals surface area contributed by atoms with Gasteiger partial charge in [0, 0.05) is 18.3 Å². The summed E-state index contributed by atoms with van der Waals surface area (Å²) < 4.78 is 34.1. The molecule has 1 heterocycles. The number of ether oxygens (including phenoxy) is 1. The van der Waals surface area contributed by atoms with Gasteiger partial charge in [-0.15, -0.1) is 0 Å². The van der Waals surface area contributed by atoms with E-state index in [1.165, 1.54) is 18.2 Å². The number of sulfonamides is 1. The van der Waals surface area contributed by atoms with Gasteiger partial charge in [0.05, 0.1) is 10.5 Å². The largest absolute Gasteiger partial charge is 0.452 e. The molecule has 2 aromatic rings. The molecule has 7 nitrogen and oxygen atoms in total. The first-order valence-corrected chi connectivity index (χ1v) is 14.5. The number of hydrogen-bond donors (Lipinski definition) is 1. The summed E-state index contributed by atoms with van der Waals surface area (Å²) in [5.74, 6) is -1.17. The van der Waals surface area contributed by atoms with Crippen LogP contribution in [0.1, 0.15) is 75.4 Å². The molecule has 1 saturated heterocycles. The summed E-state index contributed by atoms with van der Waals surface area (Å²) in [7, 11) is -3.78. The molecular weight excluding hydrogens is 488 g/mol. The molecule has 1 aliphatic heterocycles. The van der Waals surface area contributed by atoms with Gasteiger partial charge in [-0.2, -0.15) is 4.31 Å². The molecule has 8 heteroatoms. The first-order chi connectivity index (χ1) is 17.4. The molecule has 2 bridgehead atoms. The van der Waals surface area contributed by atoms with Crippen molar-refractivity contribution in [3.05, 3.63) is 59.2 Å². The number of esters is 1. The Balaban J connectivity index is 1.45. The number of amides is 1. The van der Waals surface area contributed by atoms with Crippen molar-refractivity contribution in [1.29, 1.82) is 0 Å². The van der Waals surface area contributed by atoms with Gasteiger partial charge in [-0.25, -0.2) is 13.2 Å². The van der Waals surface area contributed by atoms with Crippen LogP contribution in [0.25, 0.3) is 0 Å². The molecule has 200 valence electrons. The van der Waals surface area contributed by atoms with Gasteiger partial charge in [-0.05, 0) is 72.3 Å². The van der Waals surface area contributed by atoms with Crippen molar-refractivity contribution in [2.24, 2.45) is 10.8 Å². The Morgan fingerprint density at radius 3 is 2.32 bits per heavy atom. The number of para-hydroxylation sites is 1. The normalized spacial score (nSPS) is 23.0. The molecule has 4 rings (SSSR count). The van der Waals surface area contributed by atoms with Gasteiger partial charge >= 0.3 is 5.97 Å². The second-order valence-electron chi connectivity index (χ2n) is 11.6. The van der Waals surface area contributed by atoms with E-state index < -0.39 is 28.5 Å². The van der Waals surface area contributed by atoms with Crippen molar-refractivity contribution in [2.45, 2.75) is 77.7 Å². The van der Waals surface area contributed by atoms with E-state index in [0.717, 1.165) is 48.9 Å².